The van der Waals surface area contributed by atoms with E-state index in [-0.39, 0.29) is 27.9 Å². The molecule has 11 heteroatoms. The minimum absolute atomic E-state index is 0.0757. The van der Waals surface area contributed by atoms with Crippen molar-refractivity contribution in [2.24, 2.45) is 0 Å². The molecule has 168 valence electrons. The van der Waals surface area contributed by atoms with Gasteiger partial charge in [0.1, 0.15) is 0 Å². The Morgan fingerprint density at radius 3 is 2.42 bits per heavy atom. The molecular formula is C20H21F3N2O4S2. The van der Waals surface area contributed by atoms with Crippen LogP contribution in [-0.4, -0.2) is 44.7 Å². The second-order valence-corrected chi connectivity index (χ2v) is 10.4. The van der Waals surface area contributed by atoms with Crippen LogP contribution in [0.15, 0.2) is 52.3 Å². The fourth-order valence-corrected chi connectivity index (χ4v) is 5.16. The number of hydroxylamine groups is 1. The average Bonchev–Trinajstić information content (AvgIpc) is 2.89. The number of anilines is 1. The highest BCUT2D eigenvalue weighted by molar-refractivity contribution is 8.00. The lowest BCUT2D eigenvalue weighted by molar-refractivity contribution is -0.137. The number of fused-ring (bicyclic) bond motifs is 1. The van der Waals surface area contributed by atoms with Gasteiger partial charge in [-0.2, -0.15) is 13.2 Å². The van der Waals surface area contributed by atoms with Gasteiger partial charge < -0.3 is 4.90 Å². The zero-order chi connectivity index (χ0) is 23.0. The number of alkyl halides is 3. The first-order valence-corrected chi connectivity index (χ1v) is 11.6. The van der Waals surface area contributed by atoms with E-state index in [1.807, 2.05) is 6.92 Å². The van der Waals surface area contributed by atoms with Gasteiger partial charge in [-0.1, -0.05) is 11.4 Å². The summed E-state index contributed by atoms with van der Waals surface area (Å²) in [6, 6.07) is 8.60. The quantitative estimate of drug-likeness (QED) is 0.614. The number of sulfonamides is 1. The van der Waals surface area contributed by atoms with Crippen molar-refractivity contribution in [3.8, 4) is 0 Å². The van der Waals surface area contributed by atoms with Gasteiger partial charge >= 0.3 is 6.18 Å². The summed E-state index contributed by atoms with van der Waals surface area (Å²) in [6.07, 6.45) is -3.94. The van der Waals surface area contributed by atoms with E-state index in [9.17, 15) is 26.4 Å². The highest BCUT2D eigenvalue weighted by Crippen LogP contribution is 2.41. The summed E-state index contributed by atoms with van der Waals surface area (Å²) in [5.74, 6) is -0.501. The van der Waals surface area contributed by atoms with Crippen molar-refractivity contribution in [3.05, 3.63) is 53.6 Å². The summed E-state index contributed by atoms with van der Waals surface area (Å²) < 4.78 is 65.1. The first-order chi connectivity index (χ1) is 14.4. The topological polar surface area (TPSA) is 66.9 Å². The number of halogens is 3. The van der Waals surface area contributed by atoms with E-state index in [4.69, 9.17) is 4.84 Å². The van der Waals surface area contributed by atoms with Gasteiger partial charge in [-0.3, -0.25) is 9.63 Å². The van der Waals surface area contributed by atoms with Gasteiger partial charge in [0.25, 0.3) is 15.9 Å². The molecule has 1 atom stereocenters. The second-order valence-electron chi connectivity index (χ2n) is 6.98. The molecule has 1 aliphatic heterocycles. The number of rotatable bonds is 4. The van der Waals surface area contributed by atoms with E-state index in [1.54, 1.807) is 0 Å². The second kappa shape index (κ2) is 8.81. The molecule has 31 heavy (non-hydrogen) atoms. The van der Waals surface area contributed by atoms with Crippen LogP contribution in [-0.2, 0) is 21.0 Å². The first-order valence-electron chi connectivity index (χ1n) is 9.28. The monoisotopic (exact) mass is 474 g/mol. The molecule has 2 aromatic rings. The molecule has 1 aliphatic rings. The fraction of sp³-hybridized carbons (Fsp3) is 0.350. The highest BCUT2D eigenvalue weighted by Gasteiger charge is 2.34. The third-order valence-electron chi connectivity index (χ3n) is 4.90. The predicted molar refractivity (Wildman–Crippen MR) is 111 cm³/mol. The van der Waals surface area contributed by atoms with E-state index >= 15 is 0 Å². The number of nitrogens with zero attached hydrogens (tertiary/aromatic N) is 2. The average molecular weight is 475 g/mol. The Morgan fingerprint density at radius 1 is 1.19 bits per heavy atom. The zero-order valence-corrected chi connectivity index (χ0v) is 18.6. The molecule has 3 rings (SSSR count). The number of benzene rings is 2. The predicted octanol–water partition coefficient (Wildman–Crippen LogP) is 4.42. The Hall–Kier alpha value is -2.08. The molecular weight excluding hydrogens is 453 g/mol. The lowest BCUT2D eigenvalue weighted by atomic mass is 10.1. The zero-order valence-electron chi connectivity index (χ0n) is 17.0. The molecule has 0 spiro atoms. The molecule has 6 nitrogen and oxygen atoms in total. The van der Waals surface area contributed by atoms with Gasteiger partial charge in [-0.25, -0.2) is 8.42 Å². The van der Waals surface area contributed by atoms with Crippen molar-refractivity contribution in [3.63, 3.8) is 0 Å². The van der Waals surface area contributed by atoms with Crippen molar-refractivity contribution in [1.29, 1.82) is 0 Å². The van der Waals surface area contributed by atoms with Crippen molar-refractivity contribution in [2.45, 2.75) is 34.6 Å². The smallest absolute Gasteiger partial charge is 0.307 e. The maximum atomic E-state index is 13.3. The Balaban J connectivity index is 1.98. The Kier molecular flexibility index (Phi) is 6.70. The SMILES string of the molecule is CON(C)S(=O)(=O)c1ccc(C(=O)N2CCC(C)Sc3ccc(C(F)(F)F)cc32)cc1. The van der Waals surface area contributed by atoms with Crippen molar-refractivity contribution in [1.82, 2.24) is 4.47 Å². The van der Waals surface area contributed by atoms with Crippen LogP contribution in [0.1, 0.15) is 29.3 Å². The number of carbonyl (C=O) groups is 1. The Labute approximate surface area is 183 Å². The summed E-state index contributed by atoms with van der Waals surface area (Å²) in [7, 11) is -1.44. The highest BCUT2D eigenvalue weighted by atomic mass is 32.2. The molecule has 1 amide bonds. The van der Waals surface area contributed by atoms with E-state index in [1.165, 1.54) is 61.2 Å². The number of hydrogen-bond acceptors (Lipinski definition) is 5. The molecule has 0 radical (unpaired) electrons. The van der Waals surface area contributed by atoms with Gasteiger partial charge in [0.05, 0.1) is 23.3 Å². The maximum absolute atomic E-state index is 13.3. The van der Waals surface area contributed by atoms with Crippen LogP contribution < -0.4 is 4.90 Å². The molecule has 0 saturated heterocycles. The number of thioether (sulfide) groups is 1. The third-order valence-corrected chi connectivity index (χ3v) is 7.84. The van der Waals surface area contributed by atoms with E-state index in [0.29, 0.717) is 15.8 Å². The van der Waals surface area contributed by atoms with Crippen LogP contribution in [0, 0.1) is 0 Å². The van der Waals surface area contributed by atoms with Crippen LogP contribution in [0.4, 0.5) is 18.9 Å². The summed E-state index contributed by atoms with van der Waals surface area (Å²) in [5.41, 5.74) is -0.463. The molecule has 0 aliphatic carbocycles. The van der Waals surface area contributed by atoms with Crippen LogP contribution >= 0.6 is 11.8 Å². The molecule has 1 unspecified atom stereocenters. The molecule has 0 saturated carbocycles. The minimum atomic E-state index is -4.53. The molecule has 1 heterocycles. The largest absolute Gasteiger partial charge is 0.416 e. The van der Waals surface area contributed by atoms with Crippen molar-refractivity contribution in [2.75, 3.05) is 25.6 Å². The molecule has 0 N–H and O–H groups in total. The third kappa shape index (κ3) is 4.89. The standard InChI is InChI=1S/C20H21F3N2O4S2/c1-13-10-11-25(17-12-15(20(21,22)23)6-9-18(17)30-13)19(26)14-4-7-16(8-5-14)31(27,28)24(2)29-3/h4-9,12-13H,10-11H2,1-3H3. The van der Waals surface area contributed by atoms with Gasteiger partial charge in [0.2, 0.25) is 0 Å². The molecule has 2 aromatic carbocycles. The summed E-state index contributed by atoms with van der Waals surface area (Å²) >= 11 is 1.42. The number of carbonyl (C=O) groups excluding carboxylic acids is 1. The van der Waals surface area contributed by atoms with Gasteiger partial charge in [-0.05, 0) is 48.9 Å². The lowest BCUT2D eigenvalue weighted by Gasteiger charge is -2.24. The van der Waals surface area contributed by atoms with E-state index < -0.39 is 27.7 Å². The summed E-state index contributed by atoms with van der Waals surface area (Å²) in [4.78, 5) is 19.7. The van der Waals surface area contributed by atoms with Gasteiger partial charge in [-0.15, -0.1) is 11.8 Å². The summed E-state index contributed by atoms with van der Waals surface area (Å²) in [6.45, 7) is 2.19. The molecule has 0 bridgehead atoms. The molecule has 0 aromatic heterocycles. The van der Waals surface area contributed by atoms with Gasteiger partial charge in [0, 0.05) is 29.3 Å². The summed E-state index contributed by atoms with van der Waals surface area (Å²) in [5, 5.41) is 0.116. The van der Waals surface area contributed by atoms with Crippen LogP contribution in [0.5, 0.6) is 0 Å². The van der Waals surface area contributed by atoms with Crippen molar-refractivity contribution < 1.29 is 31.2 Å². The van der Waals surface area contributed by atoms with Gasteiger partial charge in [0.15, 0.2) is 0 Å². The fourth-order valence-electron chi connectivity index (χ4n) is 3.09. The first kappa shape index (κ1) is 23.6. The maximum Gasteiger partial charge on any atom is 0.416 e. The number of amides is 1. The van der Waals surface area contributed by atoms with Crippen LogP contribution in [0.2, 0.25) is 0 Å². The van der Waals surface area contributed by atoms with Crippen LogP contribution in [0.3, 0.4) is 0 Å². The Bertz CT molecular complexity index is 1070. The van der Waals surface area contributed by atoms with Crippen molar-refractivity contribution >= 4 is 33.4 Å². The van der Waals surface area contributed by atoms with E-state index in [2.05, 4.69) is 0 Å². The minimum Gasteiger partial charge on any atom is -0.307 e. The van der Waals surface area contributed by atoms with Crippen LogP contribution in [0.25, 0.3) is 0 Å². The molecule has 0 fully saturated rings. The normalized spacial score (nSPS) is 17.4. The lowest BCUT2D eigenvalue weighted by Crippen LogP contribution is -2.32. The number of hydrogen-bond donors (Lipinski definition) is 0. The Morgan fingerprint density at radius 2 is 1.84 bits per heavy atom. The van der Waals surface area contributed by atoms with E-state index in [0.717, 1.165) is 12.1 Å².